The van der Waals surface area contributed by atoms with Crippen LogP contribution in [0.4, 0.5) is 0 Å². The molecule has 0 fully saturated rings. The summed E-state index contributed by atoms with van der Waals surface area (Å²) in [7, 11) is 0. The van der Waals surface area contributed by atoms with Gasteiger partial charge in [0.05, 0.1) is 6.10 Å². The van der Waals surface area contributed by atoms with Gasteiger partial charge >= 0.3 is 0 Å². The van der Waals surface area contributed by atoms with Gasteiger partial charge in [-0.25, -0.2) is 0 Å². The molecular weight excluding hydrogens is 180 g/mol. The first-order valence-corrected chi connectivity index (χ1v) is 5.58. The van der Waals surface area contributed by atoms with E-state index in [0.717, 1.165) is 12.2 Å². The number of hydrogen-bond acceptors (Lipinski definition) is 2. The van der Waals surface area contributed by atoms with Crippen molar-refractivity contribution < 1.29 is 5.11 Å². The zero-order valence-corrected chi connectivity index (χ0v) is 8.97. The third-order valence-corrected chi connectivity index (χ3v) is 3.04. The average molecular weight is 196 g/mol. The lowest BCUT2D eigenvalue weighted by atomic mass is 10.2. The minimum absolute atomic E-state index is 0.175. The molecular formula is C11H16OS. The monoisotopic (exact) mass is 196 g/mol. The van der Waals surface area contributed by atoms with Gasteiger partial charge < -0.3 is 5.11 Å². The molecule has 1 rings (SSSR count). The summed E-state index contributed by atoms with van der Waals surface area (Å²) in [5, 5.41) is 9.37. The van der Waals surface area contributed by atoms with Crippen LogP contribution in [0.15, 0.2) is 29.2 Å². The molecule has 0 radical (unpaired) electrons. The Hall–Kier alpha value is -0.470. The first-order valence-electron chi connectivity index (χ1n) is 4.60. The Balaban J connectivity index is 2.45. The summed E-state index contributed by atoms with van der Waals surface area (Å²) in [6.07, 6.45) is 0.657. The number of aliphatic hydroxyl groups excluding tert-OH is 1. The average Bonchev–Trinajstić information content (AvgIpc) is 2.14. The van der Waals surface area contributed by atoms with Gasteiger partial charge in [-0.2, -0.15) is 0 Å². The van der Waals surface area contributed by atoms with Crippen LogP contribution >= 0.6 is 11.8 Å². The van der Waals surface area contributed by atoms with Gasteiger partial charge in [0, 0.05) is 10.6 Å². The second-order valence-corrected chi connectivity index (χ2v) is 4.28. The van der Waals surface area contributed by atoms with Crippen molar-refractivity contribution in [2.45, 2.75) is 31.3 Å². The topological polar surface area (TPSA) is 20.2 Å². The largest absolute Gasteiger partial charge is 0.392 e. The Morgan fingerprint density at radius 3 is 2.85 bits per heavy atom. The van der Waals surface area contributed by atoms with Crippen molar-refractivity contribution in [1.82, 2.24) is 0 Å². The van der Waals surface area contributed by atoms with Crippen LogP contribution in [0.3, 0.4) is 0 Å². The SMILES string of the molecule is CCC(O)CSc1cccc(C)c1. The molecule has 2 heteroatoms. The van der Waals surface area contributed by atoms with Crippen molar-refractivity contribution in [3.63, 3.8) is 0 Å². The van der Waals surface area contributed by atoms with Gasteiger partial charge in [0.2, 0.25) is 0 Å². The van der Waals surface area contributed by atoms with Crippen molar-refractivity contribution in [3.8, 4) is 0 Å². The quantitative estimate of drug-likeness (QED) is 0.747. The predicted octanol–water partition coefficient (Wildman–Crippen LogP) is 2.86. The Morgan fingerprint density at radius 1 is 1.46 bits per heavy atom. The van der Waals surface area contributed by atoms with E-state index >= 15 is 0 Å². The van der Waals surface area contributed by atoms with Gasteiger partial charge in [0.1, 0.15) is 0 Å². The fourth-order valence-electron chi connectivity index (χ4n) is 1.02. The van der Waals surface area contributed by atoms with E-state index in [4.69, 9.17) is 0 Å². The number of thioether (sulfide) groups is 1. The van der Waals surface area contributed by atoms with E-state index in [1.165, 1.54) is 10.5 Å². The van der Waals surface area contributed by atoms with Crippen molar-refractivity contribution in [2.75, 3.05) is 5.75 Å². The van der Waals surface area contributed by atoms with E-state index < -0.39 is 0 Å². The minimum atomic E-state index is -0.175. The van der Waals surface area contributed by atoms with E-state index in [0.29, 0.717) is 0 Å². The van der Waals surface area contributed by atoms with Gasteiger partial charge in [-0.15, -0.1) is 11.8 Å². The summed E-state index contributed by atoms with van der Waals surface area (Å²) < 4.78 is 0. The predicted molar refractivity (Wildman–Crippen MR) is 58.2 cm³/mol. The minimum Gasteiger partial charge on any atom is -0.392 e. The summed E-state index contributed by atoms with van der Waals surface area (Å²) in [6, 6.07) is 8.36. The Bertz CT molecular complexity index is 260. The number of rotatable bonds is 4. The van der Waals surface area contributed by atoms with Crippen LogP contribution < -0.4 is 0 Å². The zero-order chi connectivity index (χ0) is 9.68. The molecule has 1 atom stereocenters. The van der Waals surface area contributed by atoms with Gasteiger partial charge in [-0.3, -0.25) is 0 Å². The molecule has 0 aliphatic rings. The summed E-state index contributed by atoms with van der Waals surface area (Å²) >= 11 is 1.72. The molecule has 0 bridgehead atoms. The third kappa shape index (κ3) is 3.83. The van der Waals surface area contributed by atoms with Crippen LogP contribution in [0, 0.1) is 6.92 Å². The third-order valence-electron chi connectivity index (χ3n) is 1.90. The zero-order valence-electron chi connectivity index (χ0n) is 8.16. The molecule has 0 saturated heterocycles. The Morgan fingerprint density at radius 2 is 2.23 bits per heavy atom. The van der Waals surface area contributed by atoms with Crippen LogP contribution in [0.2, 0.25) is 0 Å². The van der Waals surface area contributed by atoms with Crippen LogP contribution in [-0.2, 0) is 0 Å². The molecule has 0 saturated carbocycles. The molecule has 0 heterocycles. The summed E-state index contributed by atoms with van der Waals surface area (Å²) in [4.78, 5) is 1.24. The molecule has 1 N–H and O–H groups in total. The van der Waals surface area contributed by atoms with E-state index in [1.54, 1.807) is 11.8 Å². The molecule has 1 aromatic rings. The fraction of sp³-hybridized carbons (Fsp3) is 0.455. The number of aryl methyl sites for hydroxylation is 1. The van der Waals surface area contributed by atoms with Crippen LogP contribution in [0.25, 0.3) is 0 Å². The van der Waals surface area contributed by atoms with E-state index in [1.807, 2.05) is 6.92 Å². The highest BCUT2D eigenvalue weighted by Gasteiger charge is 2.01. The summed E-state index contributed by atoms with van der Waals surface area (Å²) in [5.74, 6) is 0.792. The van der Waals surface area contributed by atoms with E-state index in [2.05, 4.69) is 31.2 Å². The van der Waals surface area contributed by atoms with Crippen LogP contribution in [-0.4, -0.2) is 17.0 Å². The maximum absolute atomic E-state index is 9.37. The lowest BCUT2D eigenvalue weighted by Gasteiger charge is -2.07. The molecule has 0 amide bonds. The highest BCUT2D eigenvalue weighted by Crippen LogP contribution is 2.20. The Labute approximate surface area is 84.2 Å². The second-order valence-electron chi connectivity index (χ2n) is 3.19. The van der Waals surface area contributed by atoms with Crippen LogP contribution in [0.1, 0.15) is 18.9 Å². The molecule has 0 aromatic heterocycles. The van der Waals surface area contributed by atoms with Gasteiger partial charge in [0.15, 0.2) is 0 Å². The summed E-state index contributed by atoms with van der Waals surface area (Å²) in [6.45, 7) is 4.09. The van der Waals surface area contributed by atoms with E-state index in [-0.39, 0.29) is 6.10 Å². The molecule has 0 aliphatic heterocycles. The van der Waals surface area contributed by atoms with Crippen molar-refractivity contribution >= 4 is 11.8 Å². The maximum atomic E-state index is 9.37. The first-order chi connectivity index (χ1) is 6.22. The maximum Gasteiger partial charge on any atom is 0.0631 e. The number of benzene rings is 1. The lowest BCUT2D eigenvalue weighted by Crippen LogP contribution is -2.06. The molecule has 13 heavy (non-hydrogen) atoms. The smallest absolute Gasteiger partial charge is 0.0631 e. The normalized spacial score (nSPS) is 12.8. The molecule has 0 spiro atoms. The molecule has 0 aliphatic carbocycles. The molecule has 1 unspecified atom stereocenters. The number of hydrogen-bond donors (Lipinski definition) is 1. The molecule has 1 nitrogen and oxygen atoms in total. The van der Waals surface area contributed by atoms with Gasteiger partial charge in [-0.1, -0.05) is 24.6 Å². The number of aliphatic hydroxyl groups is 1. The van der Waals surface area contributed by atoms with Crippen molar-refractivity contribution in [1.29, 1.82) is 0 Å². The van der Waals surface area contributed by atoms with Crippen molar-refractivity contribution in [2.24, 2.45) is 0 Å². The highest BCUT2D eigenvalue weighted by molar-refractivity contribution is 7.99. The van der Waals surface area contributed by atoms with Gasteiger partial charge in [-0.05, 0) is 25.5 Å². The molecule has 1 aromatic carbocycles. The Kier molecular flexibility index (Phi) is 4.33. The lowest BCUT2D eigenvalue weighted by molar-refractivity contribution is 0.195. The van der Waals surface area contributed by atoms with Crippen molar-refractivity contribution in [3.05, 3.63) is 29.8 Å². The second kappa shape index (κ2) is 5.30. The first kappa shape index (κ1) is 10.6. The standard InChI is InChI=1S/C11H16OS/c1-3-10(12)8-13-11-6-4-5-9(2)7-11/h4-7,10,12H,3,8H2,1-2H3. The highest BCUT2D eigenvalue weighted by atomic mass is 32.2. The summed E-state index contributed by atoms with van der Waals surface area (Å²) in [5.41, 5.74) is 1.27. The molecule has 72 valence electrons. The fourth-order valence-corrected chi connectivity index (χ4v) is 2.08. The van der Waals surface area contributed by atoms with E-state index in [9.17, 15) is 5.11 Å². The van der Waals surface area contributed by atoms with Crippen LogP contribution in [0.5, 0.6) is 0 Å². The van der Waals surface area contributed by atoms with Gasteiger partial charge in [0.25, 0.3) is 0 Å².